The van der Waals surface area contributed by atoms with Gasteiger partial charge >= 0.3 is 0 Å². The summed E-state index contributed by atoms with van der Waals surface area (Å²) < 4.78 is 0. The summed E-state index contributed by atoms with van der Waals surface area (Å²) in [6.07, 6.45) is 1.39. The fraction of sp³-hybridized carbons (Fsp3) is 0.200. The molecule has 0 aromatic heterocycles. The van der Waals surface area contributed by atoms with Crippen LogP contribution in [0.3, 0.4) is 0 Å². The van der Waals surface area contributed by atoms with Gasteiger partial charge in [0.15, 0.2) is 0 Å². The van der Waals surface area contributed by atoms with Crippen molar-refractivity contribution in [2.24, 2.45) is 0 Å². The minimum atomic E-state index is -0.556. The number of benzene rings is 2. The molecule has 6 heteroatoms. The molecule has 0 aliphatic carbocycles. The molecule has 0 atom stereocenters. The number of anilines is 3. The zero-order valence-electron chi connectivity index (χ0n) is 14.9. The first-order valence-electron chi connectivity index (χ1n) is 8.05. The van der Waals surface area contributed by atoms with Crippen LogP contribution in [0.2, 0.25) is 5.02 Å². The number of carbonyl (C=O) groups excluding carboxylic acids is 1. The molecule has 0 aliphatic heterocycles. The van der Waals surface area contributed by atoms with Crippen molar-refractivity contribution in [2.75, 3.05) is 16.4 Å². The highest BCUT2D eigenvalue weighted by Crippen LogP contribution is 2.29. The van der Waals surface area contributed by atoms with Crippen molar-refractivity contribution in [1.29, 1.82) is 5.26 Å². The second-order valence-corrected chi connectivity index (χ2v) is 7.21. The average Bonchev–Trinajstić information content (AvgIpc) is 2.57. The van der Waals surface area contributed by atoms with Gasteiger partial charge in [-0.1, -0.05) is 50.6 Å². The van der Waals surface area contributed by atoms with E-state index in [1.165, 1.54) is 12.3 Å². The van der Waals surface area contributed by atoms with Crippen molar-refractivity contribution in [2.45, 2.75) is 26.2 Å². The summed E-state index contributed by atoms with van der Waals surface area (Å²) in [7, 11) is 0. The number of nitrogens with one attached hydrogen (secondary N) is 2. The first-order valence-corrected chi connectivity index (χ1v) is 8.43. The number of hydrogen-bond acceptors (Lipinski definition) is 4. The summed E-state index contributed by atoms with van der Waals surface area (Å²) in [5.41, 5.74) is 8.29. The molecule has 5 nitrogen and oxygen atoms in total. The van der Waals surface area contributed by atoms with Crippen molar-refractivity contribution >= 4 is 34.6 Å². The molecule has 2 aromatic rings. The van der Waals surface area contributed by atoms with Gasteiger partial charge in [-0.3, -0.25) is 4.79 Å². The molecular formula is C20H21ClN4O. The molecule has 2 aromatic carbocycles. The average molecular weight is 369 g/mol. The predicted octanol–water partition coefficient (Wildman–Crippen LogP) is 4.68. The van der Waals surface area contributed by atoms with Crippen LogP contribution in [0.4, 0.5) is 17.1 Å². The Labute approximate surface area is 158 Å². The van der Waals surface area contributed by atoms with E-state index in [-0.39, 0.29) is 11.0 Å². The molecule has 2 rings (SSSR count). The summed E-state index contributed by atoms with van der Waals surface area (Å²) >= 11 is 6.05. The third kappa shape index (κ3) is 4.78. The lowest BCUT2D eigenvalue weighted by Crippen LogP contribution is -2.16. The number of carbonyl (C=O) groups is 1. The van der Waals surface area contributed by atoms with Gasteiger partial charge in [-0.25, -0.2) is 0 Å². The molecule has 0 saturated heterocycles. The first-order chi connectivity index (χ1) is 12.2. The third-order valence-electron chi connectivity index (χ3n) is 3.71. The van der Waals surface area contributed by atoms with E-state index in [4.69, 9.17) is 17.3 Å². The molecule has 0 spiro atoms. The summed E-state index contributed by atoms with van der Waals surface area (Å²) in [6, 6.07) is 14.4. The number of rotatable bonds is 4. The Kier molecular flexibility index (Phi) is 5.91. The maximum Gasteiger partial charge on any atom is 0.267 e. The smallest absolute Gasteiger partial charge is 0.267 e. The van der Waals surface area contributed by atoms with Crippen molar-refractivity contribution in [3.63, 3.8) is 0 Å². The summed E-state index contributed by atoms with van der Waals surface area (Å²) in [5.74, 6) is -0.556. The van der Waals surface area contributed by atoms with Gasteiger partial charge in [0.1, 0.15) is 11.6 Å². The summed E-state index contributed by atoms with van der Waals surface area (Å²) in [4.78, 5) is 12.4. The van der Waals surface area contributed by atoms with Gasteiger partial charge < -0.3 is 16.4 Å². The number of nitrogens with two attached hydrogens (primary N) is 1. The van der Waals surface area contributed by atoms with Crippen molar-refractivity contribution in [1.82, 2.24) is 0 Å². The van der Waals surface area contributed by atoms with Crippen LogP contribution in [-0.2, 0) is 10.2 Å². The van der Waals surface area contributed by atoms with Crippen LogP contribution in [0, 0.1) is 11.3 Å². The van der Waals surface area contributed by atoms with Gasteiger partial charge in [-0.2, -0.15) is 5.26 Å². The van der Waals surface area contributed by atoms with Crippen LogP contribution in [0.15, 0.2) is 54.2 Å². The number of para-hydroxylation sites is 1. The van der Waals surface area contributed by atoms with Gasteiger partial charge in [-0.15, -0.1) is 0 Å². The van der Waals surface area contributed by atoms with Crippen molar-refractivity contribution < 1.29 is 4.79 Å². The Hall–Kier alpha value is -2.97. The topological polar surface area (TPSA) is 90.9 Å². The molecule has 4 N–H and O–H groups in total. The van der Waals surface area contributed by atoms with E-state index in [1.54, 1.807) is 12.1 Å². The molecule has 0 saturated carbocycles. The van der Waals surface area contributed by atoms with Crippen LogP contribution in [0.25, 0.3) is 0 Å². The maximum atomic E-state index is 12.4. The highest BCUT2D eigenvalue weighted by molar-refractivity contribution is 6.34. The zero-order valence-corrected chi connectivity index (χ0v) is 15.7. The van der Waals surface area contributed by atoms with Gasteiger partial charge in [0, 0.05) is 17.6 Å². The predicted molar refractivity (Wildman–Crippen MR) is 107 cm³/mol. The largest absolute Gasteiger partial charge is 0.399 e. The molecule has 134 valence electrons. The van der Waals surface area contributed by atoms with Gasteiger partial charge in [0.25, 0.3) is 5.91 Å². The second-order valence-electron chi connectivity index (χ2n) is 6.80. The number of amides is 1. The molecule has 0 unspecified atom stereocenters. The van der Waals surface area contributed by atoms with Gasteiger partial charge in [0.2, 0.25) is 0 Å². The normalized spacial score (nSPS) is 11.6. The van der Waals surface area contributed by atoms with Crippen LogP contribution >= 0.6 is 11.6 Å². The zero-order chi connectivity index (χ0) is 19.3. The summed E-state index contributed by atoms with van der Waals surface area (Å²) in [5, 5.41) is 15.3. The van der Waals surface area contributed by atoms with Gasteiger partial charge in [-0.05, 0) is 35.2 Å². The number of nitrogen functional groups attached to an aromatic ring is 1. The Morgan fingerprint density at radius 2 is 1.88 bits per heavy atom. The van der Waals surface area contributed by atoms with E-state index in [1.807, 2.05) is 30.3 Å². The van der Waals surface area contributed by atoms with Crippen LogP contribution in [0.5, 0.6) is 0 Å². The fourth-order valence-corrected chi connectivity index (χ4v) is 2.62. The van der Waals surface area contributed by atoms with Crippen molar-refractivity contribution in [3.8, 4) is 6.07 Å². The SMILES string of the molecule is CC(C)(C)c1ccccc1N/C=C(/C#N)C(=O)Nc1ccc(N)cc1Cl. The molecule has 0 aliphatic rings. The Balaban J connectivity index is 2.21. The number of nitrogens with zero attached hydrogens (tertiary/aromatic N) is 1. The molecule has 0 heterocycles. The second kappa shape index (κ2) is 7.94. The minimum Gasteiger partial charge on any atom is -0.399 e. The fourth-order valence-electron chi connectivity index (χ4n) is 2.38. The quantitative estimate of drug-likeness (QED) is 0.415. The van der Waals surface area contributed by atoms with E-state index >= 15 is 0 Å². The van der Waals surface area contributed by atoms with Crippen LogP contribution in [0.1, 0.15) is 26.3 Å². The maximum absolute atomic E-state index is 12.4. The lowest BCUT2D eigenvalue weighted by molar-refractivity contribution is -0.112. The molecule has 1 amide bonds. The molecule has 0 bridgehead atoms. The number of halogens is 1. The molecule has 26 heavy (non-hydrogen) atoms. The van der Waals surface area contributed by atoms with Gasteiger partial charge in [0.05, 0.1) is 10.7 Å². The molecule has 0 fully saturated rings. The molecular weight excluding hydrogens is 348 g/mol. The Morgan fingerprint density at radius 1 is 1.19 bits per heavy atom. The van der Waals surface area contributed by atoms with Crippen LogP contribution < -0.4 is 16.4 Å². The van der Waals surface area contributed by atoms with E-state index < -0.39 is 5.91 Å². The van der Waals surface area contributed by atoms with Crippen LogP contribution in [-0.4, -0.2) is 5.91 Å². The van der Waals surface area contributed by atoms with E-state index in [0.29, 0.717) is 16.4 Å². The van der Waals surface area contributed by atoms with Crippen molar-refractivity contribution in [3.05, 3.63) is 64.8 Å². The number of nitriles is 1. The lowest BCUT2D eigenvalue weighted by Gasteiger charge is -2.22. The van der Waals surface area contributed by atoms with E-state index in [2.05, 4.69) is 31.4 Å². The minimum absolute atomic E-state index is 0.0680. The highest BCUT2D eigenvalue weighted by atomic mass is 35.5. The lowest BCUT2D eigenvalue weighted by atomic mass is 9.86. The Bertz CT molecular complexity index is 891. The third-order valence-corrected chi connectivity index (χ3v) is 4.03. The molecule has 0 radical (unpaired) electrons. The monoisotopic (exact) mass is 368 g/mol. The summed E-state index contributed by atoms with van der Waals surface area (Å²) in [6.45, 7) is 6.29. The van der Waals surface area contributed by atoms with E-state index in [0.717, 1.165) is 11.3 Å². The highest BCUT2D eigenvalue weighted by Gasteiger charge is 2.17. The Morgan fingerprint density at radius 3 is 2.50 bits per heavy atom. The number of hydrogen-bond donors (Lipinski definition) is 3. The van der Waals surface area contributed by atoms with E-state index in [9.17, 15) is 10.1 Å². The first kappa shape index (κ1) is 19.4. The standard InChI is InChI=1S/C20H21ClN4O/c1-20(2,3)15-6-4-5-7-17(15)24-12-13(11-22)19(26)25-18-9-8-14(23)10-16(18)21/h4-10,12,24H,23H2,1-3H3,(H,25,26)/b13-12-.